The van der Waals surface area contributed by atoms with E-state index in [1.54, 1.807) is 22.9 Å². The Morgan fingerprint density at radius 2 is 2.08 bits per heavy atom. The first kappa shape index (κ1) is 15.5. The van der Waals surface area contributed by atoms with E-state index in [1.807, 2.05) is 34.6 Å². The number of likely N-dealkylation sites (tertiary alicyclic amines) is 1. The Kier molecular flexibility index (Phi) is 3.96. The van der Waals surface area contributed by atoms with E-state index in [0.717, 1.165) is 37.1 Å². The molecule has 0 unspecified atom stereocenters. The molecule has 24 heavy (non-hydrogen) atoms. The van der Waals surface area contributed by atoms with Crippen LogP contribution in [0.5, 0.6) is 0 Å². The van der Waals surface area contributed by atoms with E-state index < -0.39 is 0 Å². The van der Waals surface area contributed by atoms with Gasteiger partial charge in [0.15, 0.2) is 0 Å². The number of carbonyl (C=O) groups excluding carboxylic acids is 2. The van der Waals surface area contributed by atoms with Gasteiger partial charge in [0.1, 0.15) is 17.4 Å². The van der Waals surface area contributed by atoms with Crippen molar-refractivity contribution in [1.82, 2.24) is 19.2 Å². The molecular formula is C17H20N4O2S. The van der Waals surface area contributed by atoms with Gasteiger partial charge >= 0.3 is 0 Å². The molecule has 4 rings (SSSR count). The molecule has 0 bridgehead atoms. The minimum Gasteiger partial charge on any atom is -0.341 e. The lowest BCUT2D eigenvalue weighted by atomic mass is 10.2. The summed E-state index contributed by atoms with van der Waals surface area (Å²) >= 11 is 1.63. The van der Waals surface area contributed by atoms with Crippen LogP contribution in [0.15, 0.2) is 24.5 Å². The normalized spacial score (nSPS) is 21.0. The van der Waals surface area contributed by atoms with Crippen molar-refractivity contribution in [2.45, 2.75) is 25.8 Å². The predicted octanol–water partition coefficient (Wildman–Crippen LogP) is 1.78. The average Bonchev–Trinajstić information content (AvgIpc) is 3.31. The van der Waals surface area contributed by atoms with E-state index >= 15 is 0 Å². The molecule has 0 aromatic carbocycles. The van der Waals surface area contributed by atoms with Crippen molar-refractivity contribution in [3.8, 4) is 0 Å². The number of fused-ring (bicyclic) bond motifs is 1. The summed E-state index contributed by atoms with van der Waals surface area (Å²) in [5.74, 6) is 1.16. The van der Waals surface area contributed by atoms with Crippen LogP contribution < -0.4 is 0 Å². The lowest BCUT2D eigenvalue weighted by Gasteiger charge is -2.26. The van der Waals surface area contributed by atoms with Crippen LogP contribution in [-0.4, -0.2) is 61.8 Å². The lowest BCUT2D eigenvalue weighted by Crippen LogP contribution is -2.48. The van der Waals surface area contributed by atoms with E-state index in [2.05, 4.69) is 4.98 Å². The van der Waals surface area contributed by atoms with Gasteiger partial charge in [0.2, 0.25) is 5.91 Å². The summed E-state index contributed by atoms with van der Waals surface area (Å²) in [7, 11) is 0. The maximum atomic E-state index is 12.9. The molecule has 6 nitrogen and oxygen atoms in total. The third kappa shape index (κ3) is 2.66. The summed E-state index contributed by atoms with van der Waals surface area (Å²) < 4.78 is 1.85. The minimum atomic E-state index is -0.354. The van der Waals surface area contributed by atoms with Crippen LogP contribution in [0.2, 0.25) is 0 Å². The second-order valence-electron chi connectivity index (χ2n) is 6.42. The SMILES string of the molecule is Cc1ccn2cc(C(=O)N3CSC[C@H]3C(=O)N3CCCC3)nc2c1. The standard InChI is InChI=1S/C17H20N4O2S/c1-12-4-7-20-9-13(18-15(20)8-12)16(22)21-11-24-10-14(21)17(23)19-5-2-3-6-19/h4,7-9,14H,2-3,5-6,10-11H2,1H3/t14-/m0/s1. The molecule has 2 aromatic rings. The van der Waals surface area contributed by atoms with Crippen molar-refractivity contribution in [3.63, 3.8) is 0 Å². The van der Waals surface area contributed by atoms with Crippen molar-refractivity contribution in [3.05, 3.63) is 35.8 Å². The zero-order chi connectivity index (χ0) is 16.7. The van der Waals surface area contributed by atoms with Gasteiger partial charge in [-0.3, -0.25) is 9.59 Å². The molecule has 2 fully saturated rings. The van der Waals surface area contributed by atoms with Gasteiger partial charge in [0.05, 0.1) is 5.88 Å². The van der Waals surface area contributed by atoms with Crippen LogP contribution in [-0.2, 0) is 4.79 Å². The Morgan fingerprint density at radius 1 is 1.29 bits per heavy atom. The third-order valence-electron chi connectivity index (χ3n) is 4.68. The molecule has 2 saturated heterocycles. The van der Waals surface area contributed by atoms with Crippen molar-refractivity contribution in [2.75, 3.05) is 24.7 Å². The topological polar surface area (TPSA) is 57.9 Å². The Labute approximate surface area is 144 Å². The van der Waals surface area contributed by atoms with Crippen LogP contribution in [0, 0.1) is 6.92 Å². The van der Waals surface area contributed by atoms with Gasteiger partial charge < -0.3 is 14.2 Å². The third-order valence-corrected chi connectivity index (χ3v) is 5.69. The molecule has 4 heterocycles. The van der Waals surface area contributed by atoms with Crippen LogP contribution in [0.4, 0.5) is 0 Å². The fourth-order valence-corrected chi connectivity index (χ4v) is 4.47. The monoisotopic (exact) mass is 344 g/mol. The molecule has 2 aromatic heterocycles. The Bertz CT molecular complexity index is 797. The highest BCUT2D eigenvalue weighted by molar-refractivity contribution is 7.99. The Hall–Kier alpha value is -2.02. The second-order valence-corrected chi connectivity index (χ2v) is 7.42. The molecule has 126 valence electrons. The number of nitrogens with zero attached hydrogens (tertiary/aromatic N) is 4. The van der Waals surface area contributed by atoms with Gasteiger partial charge in [-0.2, -0.15) is 0 Å². The number of aryl methyl sites for hydroxylation is 1. The Morgan fingerprint density at radius 3 is 2.88 bits per heavy atom. The predicted molar refractivity (Wildman–Crippen MR) is 93.0 cm³/mol. The van der Waals surface area contributed by atoms with E-state index in [4.69, 9.17) is 0 Å². The van der Waals surface area contributed by atoms with E-state index in [0.29, 0.717) is 17.3 Å². The zero-order valence-corrected chi connectivity index (χ0v) is 14.5. The Balaban J connectivity index is 1.58. The molecule has 0 saturated carbocycles. The molecule has 7 heteroatoms. The number of aromatic nitrogens is 2. The summed E-state index contributed by atoms with van der Waals surface area (Å²) in [4.78, 5) is 33.6. The summed E-state index contributed by atoms with van der Waals surface area (Å²) in [5, 5.41) is 0. The van der Waals surface area contributed by atoms with Crippen molar-refractivity contribution in [1.29, 1.82) is 0 Å². The largest absolute Gasteiger partial charge is 0.341 e. The van der Waals surface area contributed by atoms with Gasteiger partial charge in [0, 0.05) is 31.2 Å². The number of thioether (sulfide) groups is 1. The van der Waals surface area contributed by atoms with E-state index in [9.17, 15) is 9.59 Å². The summed E-state index contributed by atoms with van der Waals surface area (Å²) in [6.07, 6.45) is 5.77. The number of pyridine rings is 1. The molecule has 0 radical (unpaired) electrons. The van der Waals surface area contributed by atoms with Crippen LogP contribution >= 0.6 is 11.8 Å². The molecule has 0 spiro atoms. The summed E-state index contributed by atoms with van der Waals surface area (Å²) in [5.41, 5.74) is 2.26. The van der Waals surface area contributed by atoms with Crippen molar-refractivity contribution >= 4 is 29.2 Å². The lowest BCUT2D eigenvalue weighted by molar-refractivity contribution is -0.133. The van der Waals surface area contributed by atoms with Gasteiger partial charge in [-0.15, -0.1) is 11.8 Å². The first-order valence-corrected chi connectivity index (χ1v) is 9.42. The van der Waals surface area contributed by atoms with Crippen LogP contribution in [0.3, 0.4) is 0 Å². The fraction of sp³-hybridized carbons (Fsp3) is 0.471. The summed E-state index contributed by atoms with van der Waals surface area (Å²) in [6.45, 7) is 3.63. The zero-order valence-electron chi connectivity index (χ0n) is 13.6. The molecule has 2 aliphatic rings. The number of rotatable bonds is 2. The van der Waals surface area contributed by atoms with Crippen molar-refractivity contribution < 1.29 is 9.59 Å². The number of hydrogen-bond donors (Lipinski definition) is 0. The highest BCUT2D eigenvalue weighted by Crippen LogP contribution is 2.25. The first-order valence-electron chi connectivity index (χ1n) is 8.26. The smallest absolute Gasteiger partial charge is 0.275 e. The van der Waals surface area contributed by atoms with E-state index in [1.165, 1.54) is 0 Å². The molecule has 2 amide bonds. The highest BCUT2D eigenvalue weighted by Gasteiger charge is 2.38. The summed E-state index contributed by atoms with van der Waals surface area (Å²) in [6, 6.07) is 3.57. The number of amides is 2. The molecule has 0 N–H and O–H groups in total. The maximum absolute atomic E-state index is 12.9. The number of imidazole rings is 1. The maximum Gasteiger partial charge on any atom is 0.275 e. The van der Waals surface area contributed by atoms with Crippen LogP contribution in [0.1, 0.15) is 28.9 Å². The molecule has 1 atom stereocenters. The van der Waals surface area contributed by atoms with Crippen molar-refractivity contribution in [2.24, 2.45) is 0 Å². The molecule has 2 aliphatic heterocycles. The number of hydrogen-bond acceptors (Lipinski definition) is 4. The van der Waals surface area contributed by atoms with E-state index in [-0.39, 0.29) is 17.9 Å². The minimum absolute atomic E-state index is 0.0884. The van der Waals surface area contributed by atoms with Gasteiger partial charge in [-0.25, -0.2) is 4.98 Å². The number of carbonyl (C=O) groups is 2. The average molecular weight is 344 g/mol. The second kappa shape index (κ2) is 6.12. The highest BCUT2D eigenvalue weighted by atomic mass is 32.2. The first-order chi connectivity index (χ1) is 11.6. The van der Waals surface area contributed by atoms with Crippen LogP contribution in [0.25, 0.3) is 5.65 Å². The van der Waals surface area contributed by atoms with Gasteiger partial charge in [0.25, 0.3) is 5.91 Å². The fourth-order valence-electron chi connectivity index (χ4n) is 3.33. The van der Waals surface area contributed by atoms with Gasteiger partial charge in [-0.05, 0) is 37.5 Å². The quantitative estimate of drug-likeness (QED) is 0.833. The van der Waals surface area contributed by atoms with Gasteiger partial charge in [-0.1, -0.05) is 0 Å². The molecular weight excluding hydrogens is 324 g/mol. The molecule has 0 aliphatic carbocycles.